The molecular formula is C13H17N3O. The molecule has 2 N–H and O–H groups in total. The summed E-state index contributed by atoms with van der Waals surface area (Å²) >= 11 is 0. The molecule has 0 aliphatic heterocycles. The van der Waals surface area contributed by atoms with Gasteiger partial charge in [-0.15, -0.1) is 0 Å². The molecule has 2 aromatic rings. The minimum Gasteiger partial charge on any atom is -0.491 e. The van der Waals surface area contributed by atoms with Gasteiger partial charge in [0, 0.05) is 6.54 Å². The van der Waals surface area contributed by atoms with Gasteiger partial charge in [0.2, 0.25) is 0 Å². The molecule has 0 aliphatic carbocycles. The Morgan fingerprint density at radius 3 is 2.94 bits per heavy atom. The summed E-state index contributed by atoms with van der Waals surface area (Å²) in [5.74, 6) is 0.808. The lowest BCUT2D eigenvalue weighted by molar-refractivity contribution is 0.340. The normalized spacial score (nSPS) is 10.5. The molecule has 1 aromatic heterocycles. The summed E-state index contributed by atoms with van der Waals surface area (Å²) in [7, 11) is 0. The van der Waals surface area contributed by atoms with Gasteiger partial charge in [0.25, 0.3) is 0 Å². The summed E-state index contributed by atoms with van der Waals surface area (Å²) in [6, 6.07) is 8.21. The van der Waals surface area contributed by atoms with E-state index < -0.39 is 0 Å². The Kier molecular flexibility index (Phi) is 3.77. The summed E-state index contributed by atoms with van der Waals surface area (Å²) in [6.07, 6.45) is 3.63. The molecule has 0 saturated heterocycles. The van der Waals surface area contributed by atoms with Gasteiger partial charge < -0.3 is 10.5 Å². The summed E-state index contributed by atoms with van der Waals surface area (Å²) in [5, 5.41) is 4.25. The van der Waals surface area contributed by atoms with Crippen LogP contribution in [0.5, 0.6) is 5.75 Å². The van der Waals surface area contributed by atoms with Gasteiger partial charge in [-0.05, 0) is 18.1 Å². The Hall–Kier alpha value is -1.81. The van der Waals surface area contributed by atoms with Crippen LogP contribution in [-0.2, 0) is 13.1 Å². The Balaban J connectivity index is 2.08. The average Bonchev–Trinajstić information content (AvgIpc) is 2.77. The first-order chi connectivity index (χ1) is 8.31. The molecule has 4 heteroatoms. The number of aromatic nitrogens is 2. The van der Waals surface area contributed by atoms with Crippen LogP contribution in [0, 0.1) is 0 Å². The Morgan fingerprint density at radius 1 is 1.35 bits per heavy atom. The third-order valence-electron chi connectivity index (χ3n) is 2.49. The number of nitrogens with zero attached hydrogens (tertiary/aromatic N) is 2. The van der Waals surface area contributed by atoms with E-state index in [9.17, 15) is 0 Å². The number of ether oxygens (including phenoxy) is 1. The van der Waals surface area contributed by atoms with E-state index in [2.05, 4.69) is 17.2 Å². The molecule has 0 radical (unpaired) electrons. The topological polar surface area (TPSA) is 53.1 Å². The summed E-state index contributed by atoms with van der Waals surface area (Å²) in [6.45, 7) is 3.93. The van der Waals surface area contributed by atoms with Crippen LogP contribution in [-0.4, -0.2) is 16.4 Å². The molecule has 0 unspecified atom stereocenters. The van der Waals surface area contributed by atoms with Crippen LogP contribution in [0.25, 0.3) is 0 Å². The van der Waals surface area contributed by atoms with Crippen LogP contribution in [0.1, 0.15) is 18.1 Å². The highest BCUT2D eigenvalue weighted by molar-refractivity contribution is 5.24. The van der Waals surface area contributed by atoms with Crippen molar-refractivity contribution < 1.29 is 4.74 Å². The molecule has 0 aliphatic rings. The van der Waals surface area contributed by atoms with Crippen LogP contribution in [0.4, 0.5) is 0 Å². The molecule has 0 saturated carbocycles. The third-order valence-corrected chi connectivity index (χ3v) is 2.49. The van der Waals surface area contributed by atoms with Gasteiger partial charge in [0.05, 0.1) is 25.5 Å². The van der Waals surface area contributed by atoms with E-state index in [1.807, 2.05) is 29.9 Å². The SMILES string of the molecule is CCOc1cnn(Cc2cccc(CN)c2)c1. The smallest absolute Gasteiger partial charge is 0.157 e. The van der Waals surface area contributed by atoms with E-state index in [-0.39, 0.29) is 0 Å². The zero-order valence-corrected chi connectivity index (χ0v) is 9.97. The van der Waals surface area contributed by atoms with Crippen LogP contribution < -0.4 is 10.5 Å². The minimum atomic E-state index is 0.567. The predicted molar refractivity (Wildman–Crippen MR) is 66.8 cm³/mol. The van der Waals surface area contributed by atoms with E-state index >= 15 is 0 Å². The van der Waals surface area contributed by atoms with Crippen molar-refractivity contribution in [3.63, 3.8) is 0 Å². The van der Waals surface area contributed by atoms with E-state index in [4.69, 9.17) is 10.5 Å². The van der Waals surface area contributed by atoms with Crippen LogP contribution in [0.2, 0.25) is 0 Å². The maximum Gasteiger partial charge on any atom is 0.157 e. The fourth-order valence-corrected chi connectivity index (χ4v) is 1.71. The second-order valence-corrected chi connectivity index (χ2v) is 3.83. The third kappa shape index (κ3) is 3.07. The standard InChI is InChI=1S/C13H17N3O/c1-2-17-13-8-15-16(10-13)9-12-5-3-4-11(6-12)7-14/h3-6,8,10H,2,7,9,14H2,1H3. The molecular weight excluding hydrogens is 214 g/mol. The predicted octanol–water partition coefficient (Wildman–Crippen LogP) is 1.79. The second kappa shape index (κ2) is 5.50. The largest absolute Gasteiger partial charge is 0.491 e. The lowest BCUT2D eigenvalue weighted by atomic mass is 10.1. The van der Waals surface area contributed by atoms with Gasteiger partial charge in [-0.1, -0.05) is 24.3 Å². The fourth-order valence-electron chi connectivity index (χ4n) is 1.71. The van der Waals surface area contributed by atoms with Crippen molar-refractivity contribution in [1.82, 2.24) is 9.78 Å². The number of rotatable bonds is 5. The van der Waals surface area contributed by atoms with Gasteiger partial charge in [-0.3, -0.25) is 4.68 Å². The van der Waals surface area contributed by atoms with Crippen molar-refractivity contribution in [3.8, 4) is 5.75 Å². The molecule has 0 fully saturated rings. The summed E-state index contributed by atoms with van der Waals surface area (Å²) < 4.78 is 7.23. The van der Waals surface area contributed by atoms with Gasteiger partial charge >= 0.3 is 0 Å². The van der Waals surface area contributed by atoms with E-state index in [1.165, 1.54) is 5.56 Å². The highest BCUT2D eigenvalue weighted by Crippen LogP contribution is 2.11. The lowest BCUT2D eigenvalue weighted by Crippen LogP contribution is -2.02. The van der Waals surface area contributed by atoms with Crippen molar-refractivity contribution >= 4 is 0 Å². The van der Waals surface area contributed by atoms with Crippen molar-refractivity contribution in [2.24, 2.45) is 5.73 Å². The summed E-state index contributed by atoms with van der Waals surface area (Å²) in [5.41, 5.74) is 7.95. The van der Waals surface area contributed by atoms with Crippen molar-refractivity contribution in [3.05, 3.63) is 47.8 Å². The molecule has 1 aromatic carbocycles. The molecule has 0 spiro atoms. The number of hydrogen-bond acceptors (Lipinski definition) is 3. The zero-order chi connectivity index (χ0) is 12.1. The van der Waals surface area contributed by atoms with E-state index in [0.717, 1.165) is 17.9 Å². The van der Waals surface area contributed by atoms with E-state index in [1.54, 1.807) is 6.20 Å². The molecule has 0 atom stereocenters. The highest BCUT2D eigenvalue weighted by Gasteiger charge is 2.00. The van der Waals surface area contributed by atoms with E-state index in [0.29, 0.717) is 13.2 Å². The van der Waals surface area contributed by atoms with Crippen molar-refractivity contribution in [2.75, 3.05) is 6.61 Å². The van der Waals surface area contributed by atoms with Gasteiger partial charge in [0.1, 0.15) is 0 Å². The maximum atomic E-state index is 5.61. The number of hydrogen-bond donors (Lipinski definition) is 1. The van der Waals surface area contributed by atoms with Crippen LogP contribution in [0.15, 0.2) is 36.7 Å². The Bertz CT molecular complexity index is 479. The number of benzene rings is 1. The Morgan fingerprint density at radius 2 is 2.18 bits per heavy atom. The molecule has 0 amide bonds. The highest BCUT2D eigenvalue weighted by atomic mass is 16.5. The maximum absolute atomic E-state index is 5.61. The molecule has 2 rings (SSSR count). The monoisotopic (exact) mass is 231 g/mol. The average molecular weight is 231 g/mol. The quantitative estimate of drug-likeness (QED) is 0.853. The first-order valence-electron chi connectivity index (χ1n) is 5.75. The van der Waals surface area contributed by atoms with Crippen LogP contribution in [0.3, 0.4) is 0 Å². The molecule has 90 valence electrons. The first-order valence-corrected chi connectivity index (χ1v) is 5.75. The van der Waals surface area contributed by atoms with Crippen molar-refractivity contribution in [2.45, 2.75) is 20.0 Å². The molecule has 17 heavy (non-hydrogen) atoms. The van der Waals surface area contributed by atoms with Gasteiger partial charge in [0.15, 0.2) is 5.75 Å². The minimum absolute atomic E-state index is 0.567. The fraction of sp³-hybridized carbons (Fsp3) is 0.308. The van der Waals surface area contributed by atoms with Crippen LogP contribution >= 0.6 is 0 Å². The Labute approximate surface area is 101 Å². The summed E-state index contributed by atoms with van der Waals surface area (Å²) in [4.78, 5) is 0. The number of nitrogens with two attached hydrogens (primary N) is 1. The molecule has 0 bridgehead atoms. The first kappa shape index (κ1) is 11.7. The molecule has 1 heterocycles. The lowest BCUT2D eigenvalue weighted by Gasteiger charge is -2.04. The second-order valence-electron chi connectivity index (χ2n) is 3.83. The zero-order valence-electron chi connectivity index (χ0n) is 9.97. The van der Waals surface area contributed by atoms with Gasteiger partial charge in [-0.25, -0.2) is 0 Å². The van der Waals surface area contributed by atoms with Crippen molar-refractivity contribution in [1.29, 1.82) is 0 Å². The van der Waals surface area contributed by atoms with Gasteiger partial charge in [-0.2, -0.15) is 5.10 Å². The molecule has 4 nitrogen and oxygen atoms in total.